The number of nitrogens with zero attached hydrogens (tertiary/aromatic N) is 2. The monoisotopic (exact) mass is 285 g/mol. The third kappa shape index (κ3) is 2.25. The molecule has 3 rings (SSSR count). The molecule has 0 radical (unpaired) electrons. The molecule has 3 N–H and O–H groups in total. The van der Waals surface area contributed by atoms with E-state index >= 15 is 0 Å². The maximum absolute atomic E-state index is 13.6. The first kappa shape index (κ1) is 13.6. The number of hydrogen-bond acceptors (Lipinski definition) is 3. The highest BCUT2D eigenvalue weighted by atomic mass is 19.1. The highest BCUT2D eigenvalue weighted by Gasteiger charge is 2.18. The summed E-state index contributed by atoms with van der Waals surface area (Å²) in [4.78, 5) is 4.43. The van der Waals surface area contributed by atoms with Crippen LogP contribution < -0.4 is 5.73 Å². The van der Waals surface area contributed by atoms with E-state index in [0.29, 0.717) is 22.7 Å². The van der Waals surface area contributed by atoms with Gasteiger partial charge in [0.2, 0.25) is 0 Å². The maximum atomic E-state index is 13.6. The van der Waals surface area contributed by atoms with Crippen LogP contribution in [-0.4, -0.2) is 14.7 Å². The number of hydrogen-bond donors (Lipinski definition) is 2. The lowest BCUT2D eigenvalue weighted by molar-refractivity contribution is 0.187. The molecular formula is C16H16FN3O. The second-order valence-corrected chi connectivity index (χ2v) is 5.16. The number of imidazole rings is 1. The molecule has 1 heterocycles. The average molecular weight is 285 g/mol. The third-order valence-electron chi connectivity index (χ3n) is 3.49. The fourth-order valence-electron chi connectivity index (χ4n) is 2.47. The van der Waals surface area contributed by atoms with E-state index in [0.717, 1.165) is 11.1 Å². The van der Waals surface area contributed by atoms with Crippen LogP contribution in [0.2, 0.25) is 0 Å². The number of aliphatic hydroxyl groups excluding tert-OH is 1. The van der Waals surface area contributed by atoms with Crippen molar-refractivity contribution in [2.45, 2.75) is 20.0 Å². The molecule has 0 saturated carbocycles. The van der Waals surface area contributed by atoms with Crippen molar-refractivity contribution < 1.29 is 9.50 Å². The Balaban J connectivity index is 2.39. The van der Waals surface area contributed by atoms with Crippen molar-refractivity contribution >= 4 is 16.7 Å². The maximum Gasteiger partial charge on any atom is 0.143 e. The van der Waals surface area contributed by atoms with Crippen LogP contribution in [0.4, 0.5) is 10.1 Å². The second-order valence-electron chi connectivity index (χ2n) is 5.16. The molecule has 0 amide bonds. The first-order chi connectivity index (χ1) is 9.97. The van der Waals surface area contributed by atoms with Gasteiger partial charge in [0, 0.05) is 5.69 Å². The van der Waals surface area contributed by atoms with Gasteiger partial charge in [0.1, 0.15) is 17.7 Å². The van der Waals surface area contributed by atoms with Gasteiger partial charge in [-0.15, -0.1) is 0 Å². The number of aryl methyl sites for hydroxylation is 1. The van der Waals surface area contributed by atoms with E-state index < -0.39 is 6.10 Å². The molecule has 5 heteroatoms. The van der Waals surface area contributed by atoms with Gasteiger partial charge in [-0.1, -0.05) is 6.07 Å². The number of fused-ring (bicyclic) bond motifs is 1. The zero-order valence-corrected chi connectivity index (χ0v) is 11.8. The molecule has 0 aliphatic rings. The van der Waals surface area contributed by atoms with Gasteiger partial charge in [0.15, 0.2) is 0 Å². The molecule has 0 aliphatic heterocycles. The minimum Gasteiger partial charge on any atom is -0.399 e. The van der Waals surface area contributed by atoms with E-state index in [2.05, 4.69) is 4.98 Å². The molecule has 0 saturated heterocycles. The number of aromatic nitrogens is 2. The van der Waals surface area contributed by atoms with Crippen LogP contribution in [0.25, 0.3) is 16.7 Å². The van der Waals surface area contributed by atoms with Gasteiger partial charge < -0.3 is 10.8 Å². The van der Waals surface area contributed by atoms with Crippen molar-refractivity contribution in [3.8, 4) is 5.69 Å². The molecule has 0 bridgehead atoms. The Morgan fingerprint density at radius 3 is 2.71 bits per heavy atom. The van der Waals surface area contributed by atoms with Gasteiger partial charge in [-0.05, 0) is 49.7 Å². The standard InChI is InChI=1S/C16H16FN3O/c1-9-3-4-11(17)7-15(9)20-14-6-5-12(18)8-13(14)19-16(20)10(2)21/h3-8,10,21H,18H2,1-2H3. The third-order valence-corrected chi connectivity index (χ3v) is 3.49. The van der Waals surface area contributed by atoms with E-state index in [1.807, 2.05) is 13.0 Å². The van der Waals surface area contributed by atoms with Gasteiger partial charge in [0.05, 0.1) is 16.7 Å². The number of nitrogen functional groups attached to an aromatic ring is 1. The van der Waals surface area contributed by atoms with Crippen LogP contribution in [-0.2, 0) is 0 Å². The predicted molar refractivity (Wildman–Crippen MR) is 80.8 cm³/mol. The van der Waals surface area contributed by atoms with Crippen LogP contribution in [0, 0.1) is 12.7 Å². The molecular weight excluding hydrogens is 269 g/mol. The first-order valence-corrected chi connectivity index (χ1v) is 6.70. The summed E-state index contributed by atoms with van der Waals surface area (Å²) in [5.41, 5.74) is 9.40. The number of anilines is 1. The topological polar surface area (TPSA) is 64.1 Å². The van der Waals surface area contributed by atoms with Crippen molar-refractivity contribution in [1.82, 2.24) is 9.55 Å². The van der Waals surface area contributed by atoms with Gasteiger partial charge in [-0.2, -0.15) is 0 Å². The summed E-state index contributed by atoms with van der Waals surface area (Å²) >= 11 is 0. The van der Waals surface area contributed by atoms with Gasteiger partial charge in [-0.3, -0.25) is 4.57 Å². The molecule has 0 aliphatic carbocycles. The Morgan fingerprint density at radius 1 is 1.24 bits per heavy atom. The molecule has 2 aromatic carbocycles. The van der Waals surface area contributed by atoms with E-state index in [4.69, 9.17) is 5.73 Å². The quantitative estimate of drug-likeness (QED) is 0.711. The molecule has 0 fully saturated rings. The summed E-state index contributed by atoms with van der Waals surface area (Å²) in [7, 11) is 0. The van der Waals surface area contributed by atoms with Crippen molar-refractivity contribution in [2.75, 3.05) is 5.73 Å². The van der Waals surface area contributed by atoms with Gasteiger partial charge >= 0.3 is 0 Å². The summed E-state index contributed by atoms with van der Waals surface area (Å²) in [6, 6.07) is 9.90. The molecule has 4 nitrogen and oxygen atoms in total. The molecule has 1 aromatic heterocycles. The molecule has 3 aromatic rings. The molecule has 1 atom stereocenters. The highest BCUT2D eigenvalue weighted by Crippen LogP contribution is 2.28. The van der Waals surface area contributed by atoms with Crippen LogP contribution in [0.5, 0.6) is 0 Å². The lowest BCUT2D eigenvalue weighted by Gasteiger charge is -2.13. The largest absolute Gasteiger partial charge is 0.399 e. The fourth-order valence-corrected chi connectivity index (χ4v) is 2.47. The Morgan fingerprint density at radius 2 is 2.00 bits per heavy atom. The minimum absolute atomic E-state index is 0.329. The van der Waals surface area contributed by atoms with E-state index in [-0.39, 0.29) is 5.82 Å². The molecule has 108 valence electrons. The van der Waals surface area contributed by atoms with Crippen molar-refractivity contribution in [3.05, 3.63) is 53.6 Å². The number of aliphatic hydroxyl groups is 1. The summed E-state index contributed by atoms with van der Waals surface area (Å²) in [6.45, 7) is 3.53. The Kier molecular flexibility index (Phi) is 3.14. The van der Waals surface area contributed by atoms with Crippen molar-refractivity contribution in [2.24, 2.45) is 0 Å². The zero-order chi connectivity index (χ0) is 15.1. The van der Waals surface area contributed by atoms with E-state index in [1.54, 1.807) is 29.7 Å². The summed E-state index contributed by atoms with van der Waals surface area (Å²) < 4.78 is 15.4. The number of benzene rings is 2. The predicted octanol–water partition coefficient (Wildman–Crippen LogP) is 3.11. The first-order valence-electron chi connectivity index (χ1n) is 6.70. The van der Waals surface area contributed by atoms with Crippen LogP contribution in [0.15, 0.2) is 36.4 Å². The van der Waals surface area contributed by atoms with Crippen LogP contribution in [0.1, 0.15) is 24.4 Å². The van der Waals surface area contributed by atoms with Crippen molar-refractivity contribution in [3.63, 3.8) is 0 Å². The number of rotatable bonds is 2. The normalized spacial score (nSPS) is 12.8. The smallest absolute Gasteiger partial charge is 0.143 e. The van der Waals surface area contributed by atoms with Crippen LogP contribution in [0.3, 0.4) is 0 Å². The molecule has 0 spiro atoms. The van der Waals surface area contributed by atoms with E-state index in [1.165, 1.54) is 12.1 Å². The summed E-state index contributed by atoms with van der Waals surface area (Å²) in [5.74, 6) is 0.133. The van der Waals surface area contributed by atoms with Crippen LogP contribution >= 0.6 is 0 Å². The number of nitrogens with two attached hydrogens (primary N) is 1. The molecule has 21 heavy (non-hydrogen) atoms. The number of halogens is 1. The lowest BCUT2D eigenvalue weighted by atomic mass is 10.1. The van der Waals surface area contributed by atoms with Gasteiger partial charge in [-0.25, -0.2) is 9.37 Å². The zero-order valence-electron chi connectivity index (χ0n) is 11.8. The fraction of sp³-hybridized carbons (Fsp3) is 0.188. The van der Waals surface area contributed by atoms with E-state index in [9.17, 15) is 9.50 Å². The van der Waals surface area contributed by atoms with Crippen molar-refractivity contribution in [1.29, 1.82) is 0 Å². The Hall–Kier alpha value is -2.40. The highest BCUT2D eigenvalue weighted by molar-refractivity contribution is 5.82. The minimum atomic E-state index is -0.777. The Labute approximate surface area is 121 Å². The summed E-state index contributed by atoms with van der Waals surface area (Å²) in [5, 5.41) is 9.99. The average Bonchev–Trinajstić information content (AvgIpc) is 2.80. The second kappa shape index (κ2) is 4.86. The molecule has 1 unspecified atom stereocenters. The lowest BCUT2D eigenvalue weighted by Crippen LogP contribution is -2.06. The van der Waals surface area contributed by atoms with Gasteiger partial charge in [0.25, 0.3) is 0 Å². The Bertz CT molecular complexity index is 824. The SMILES string of the molecule is Cc1ccc(F)cc1-n1c(C(C)O)nc2cc(N)ccc21. The summed E-state index contributed by atoms with van der Waals surface area (Å²) in [6.07, 6.45) is -0.777.